The lowest BCUT2D eigenvalue weighted by Crippen LogP contribution is -2.55. The molecule has 23 heteroatoms. The number of aromatic nitrogens is 4. The number of alkyl carbamates (subject to hydrolysis) is 1. The number of allylic oxidation sites excluding steroid dienone is 2. The lowest BCUT2D eigenvalue weighted by molar-refractivity contribution is -0.249. The summed E-state index contributed by atoms with van der Waals surface area (Å²) in [6, 6.07) is 15.8. The van der Waals surface area contributed by atoms with Crippen molar-refractivity contribution in [2.45, 2.75) is 147 Å². The van der Waals surface area contributed by atoms with Gasteiger partial charge in [-0.25, -0.2) is 9.78 Å². The summed E-state index contributed by atoms with van der Waals surface area (Å²) in [6.45, 7) is 15.4. The first-order valence-electron chi connectivity index (χ1n) is 30.7. The van der Waals surface area contributed by atoms with Gasteiger partial charge < -0.3 is 69.8 Å². The van der Waals surface area contributed by atoms with Gasteiger partial charge in [-0.15, -0.1) is 0 Å². The predicted octanol–water partition coefficient (Wildman–Crippen LogP) is 9.87. The summed E-state index contributed by atoms with van der Waals surface area (Å²) >= 11 is 0. The van der Waals surface area contributed by atoms with Crippen LogP contribution in [0.3, 0.4) is 0 Å². The van der Waals surface area contributed by atoms with Gasteiger partial charge in [-0.3, -0.25) is 33.8 Å². The number of H-pyrrole nitrogens is 2. The minimum Gasteiger partial charge on any atom is -0.507 e. The molecule has 1 saturated heterocycles. The quantitative estimate of drug-likeness (QED) is 0.0262. The third-order valence-corrected chi connectivity index (χ3v) is 19.2. The van der Waals surface area contributed by atoms with Crippen LogP contribution in [0.15, 0.2) is 67.2 Å². The average molecular weight is 1270 g/mol. The molecule has 3 aliphatic heterocycles. The fourth-order valence-corrected chi connectivity index (χ4v) is 14.3. The van der Waals surface area contributed by atoms with Crippen molar-refractivity contribution in [1.82, 2.24) is 25.3 Å². The van der Waals surface area contributed by atoms with Gasteiger partial charge in [-0.05, 0) is 105 Å². The number of methoxy groups -OCH3 is 2. The molecule has 0 saturated carbocycles. The van der Waals surface area contributed by atoms with Crippen LogP contribution in [-0.2, 0) is 46.4 Å². The average Bonchev–Trinajstić information content (AvgIpc) is 1.08. The standard InChI is InChI=1S/C70H70N6O17/c1-10-36-29(3)41-21-43-31(5)38(60(74-43)56-59(68(86)90-9)65(83)53-32(6)44(75-61(53)56)23-46-37(11-2)30(4)42(73-46)22-45(36)72-41)19-20-50(77)71-35-17-15-34(16-18-35)28-91-69(87)76-47-24-52(92-33(7)62(47)80)93-49-26-70(88,27-51(78)79)25-40-55(49)67(85)57-58(64(40)82)66(84)54-39(63(57)81)13-12-14-48(54)89-8/h10,12-18,21-23,31,33,38,47,49,52,59,62,72,75,80,82,85,88H,1,11,19-20,24-28H2,2-9H3,(H,71,77)(H,76,87)(H,78,79)/t31-,33+,38-,47?,49-,52+,59?,62-,70-/m0/s1. The molecular formula is C70H70N6O17. The third-order valence-electron chi connectivity index (χ3n) is 19.2. The van der Waals surface area contributed by atoms with Crippen molar-refractivity contribution in [3.05, 3.63) is 157 Å². The second-order valence-electron chi connectivity index (χ2n) is 24.7. The molecule has 6 aliphatic rings. The number of aliphatic hydroxyl groups excluding tert-OH is 1. The Balaban J connectivity index is 0.738. The van der Waals surface area contributed by atoms with E-state index in [2.05, 4.69) is 34.1 Å². The van der Waals surface area contributed by atoms with E-state index < -0.39 is 125 Å². The number of nitrogens with zero attached hydrogens (tertiary/aromatic N) is 2. The van der Waals surface area contributed by atoms with Crippen molar-refractivity contribution in [1.29, 1.82) is 0 Å². The highest BCUT2D eigenvalue weighted by atomic mass is 16.7. The first-order valence-corrected chi connectivity index (χ1v) is 30.7. The molecule has 12 rings (SSSR count). The molecule has 0 spiro atoms. The number of aliphatic carboxylic acids is 1. The van der Waals surface area contributed by atoms with Crippen molar-refractivity contribution in [2.75, 3.05) is 19.5 Å². The number of carboxylic acids is 1. The number of benzene rings is 3. The minimum atomic E-state index is -2.11. The number of fused-ring (bicyclic) bond motifs is 11. The highest BCUT2D eigenvalue weighted by Crippen LogP contribution is 2.54. The molecule has 6 heterocycles. The molecular weight excluding hydrogens is 1200 g/mol. The number of phenols is 2. The fraction of sp³-hybridized carbons (Fsp3) is 0.357. The first kappa shape index (κ1) is 63.3. The van der Waals surface area contributed by atoms with Crippen molar-refractivity contribution < 1.29 is 82.8 Å². The van der Waals surface area contributed by atoms with Crippen molar-refractivity contribution in [3.63, 3.8) is 0 Å². The number of aryl methyl sites for hydroxylation is 2. The summed E-state index contributed by atoms with van der Waals surface area (Å²) in [5.74, 6) is -8.02. The van der Waals surface area contributed by atoms with Crippen LogP contribution < -0.4 is 15.4 Å². The van der Waals surface area contributed by atoms with Crippen LogP contribution >= 0.6 is 0 Å². The highest BCUT2D eigenvalue weighted by molar-refractivity contribution is 6.31. The van der Waals surface area contributed by atoms with Gasteiger partial charge in [-0.1, -0.05) is 50.8 Å². The molecule has 23 nitrogen and oxygen atoms in total. The maximum Gasteiger partial charge on any atom is 0.407 e. The molecule has 482 valence electrons. The Kier molecular flexibility index (Phi) is 16.6. The summed E-state index contributed by atoms with van der Waals surface area (Å²) in [5.41, 5.74) is 7.96. The third kappa shape index (κ3) is 11.0. The zero-order chi connectivity index (χ0) is 66.4. The maximum absolute atomic E-state index is 14.6. The number of nitrogens with one attached hydrogen (secondary N) is 4. The van der Waals surface area contributed by atoms with E-state index >= 15 is 0 Å². The molecule has 6 aromatic rings. The first-order chi connectivity index (χ1) is 44.4. The van der Waals surface area contributed by atoms with Crippen LogP contribution in [0.1, 0.15) is 194 Å². The predicted molar refractivity (Wildman–Crippen MR) is 339 cm³/mol. The number of rotatable bonds is 15. The van der Waals surface area contributed by atoms with Crippen molar-refractivity contribution in [3.8, 4) is 17.2 Å². The number of carbonyl (C=O) groups excluding carboxylic acids is 6. The van der Waals surface area contributed by atoms with Gasteiger partial charge in [0.05, 0.1) is 83.8 Å². The molecule has 1 fully saturated rings. The second kappa shape index (κ2) is 24.3. The van der Waals surface area contributed by atoms with E-state index in [9.17, 15) is 59.1 Å². The Morgan fingerprint density at radius 1 is 0.871 bits per heavy atom. The molecule has 93 heavy (non-hydrogen) atoms. The van der Waals surface area contributed by atoms with Gasteiger partial charge in [-0.2, -0.15) is 0 Å². The number of carboxylic acid groups (broad SMARTS) is 1. The minimum absolute atomic E-state index is 0.0174. The number of ether oxygens (including phenoxy) is 5. The smallest absolute Gasteiger partial charge is 0.407 e. The molecule has 2 amide bonds. The van der Waals surface area contributed by atoms with E-state index in [1.807, 2.05) is 45.9 Å². The normalized spacial score (nSPS) is 22.8. The topological polar surface area (TPSA) is 348 Å². The summed E-state index contributed by atoms with van der Waals surface area (Å²) < 4.78 is 28.5. The van der Waals surface area contributed by atoms with Crippen molar-refractivity contribution in [2.24, 2.45) is 0 Å². The van der Waals surface area contributed by atoms with Crippen LogP contribution in [-0.4, -0.2) is 131 Å². The molecule has 3 aromatic heterocycles. The Hall–Kier alpha value is -9.81. The summed E-state index contributed by atoms with van der Waals surface area (Å²) in [7, 11) is 2.54. The summed E-state index contributed by atoms with van der Waals surface area (Å²) in [4.78, 5) is 113. The Bertz CT molecular complexity index is 4450. The largest absolute Gasteiger partial charge is 0.507 e. The molecule has 8 bridgehead atoms. The van der Waals surface area contributed by atoms with E-state index in [4.69, 9.17) is 33.7 Å². The van der Waals surface area contributed by atoms with Gasteiger partial charge in [0.2, 0.25) is 11.7 Å². The number of amides is 2. The molecule has 0 radical (unpaired) electrons. The van der Waals surface area contributed by atoms with Gasteiger partial charge in [0.15, 0.2) is 17.9 Å². The Labute approximate surface area is 532 Å². The van der Waals surface area contributed by atoms with Crippen molar-refractivity contribution >= 4 is 86.3 Å². The number of esters is 1. The van der Waals surface area contributed by atoms with Crippen LogP contribution in [0, 0.1) is 13.8 Å². The SMILES string of the molecule is C=Cc1c(C)c2cc3nc(c4c5[nH]c(cc6nc(cc1[nH]2)C(C)=C6CC)c(C)c5C(=O)C4C(=O)OC)[C@@H](CCC(=O)Nc1ccc(COC(=O)NC2C[C@@H](O[C@H]4C[C@](O)(CC(=O)O)Cc5c(O)c6c(c(O)c54)C(=O)c4cccc(OC)c4C6=O)O[C@H](C)[C@@H]2O)cc1)[C@@H]3C. The summed E-state index contributed by atoms with van der Waals surface area (Å²) in [5, 5.41) is 62.2. The van der Waals surface area contributed by atoms with E-state index in [1.165, 1.54) is 39.3 Å². The van der Waals surface area contributed by atoms with Gasteiger partial charge in [0, 0.05) is 98.8 Å². The van der Waals surface area contributed by atoms with E-state index in [0.29, 0.717) is 56.8 Å². The number of aliphatic hydroxyl groups is 2. The monoisotopic (exact) mass is 1270 g/mol. The number of carbonyl (C=O) groups is 7. The number of aromatic amines is 2. The zero-order valence-electron chi connectivity index (χ0n) is 52.4. The van der Waals surface area contributed by atoms with Crippen LogP contribution in [0.5, 0.6) is 17.2 Å². The highest BCUT2D eigenvalue weighted by Gasteiger charge is 2.50. The Morgan fingerprint density at radius 2 is 1.59 bits per heavy atom. The van der Waals surface area contributed by atoms with Gasteiger partial charge in [0.25, 0.3) is 0 Å². The van der Waals surface area contributed by atoms with Gasteiger partial charge in [0.1, 0.15) is 35.9 Å². The number of Topliss-reactive ketones (excluding diaryl/α,β-unsaturated/α-hetero) is 1. The fourth-order valence-electron chi connectivity index (χ4n) is 14.3. The second-order valence-corrected chi connectivity index (χ2v) is 24.7. The lowest BCUT2D eigenvalue weighted by atomic mass is 9.72. The number of hydrogen-bond acceptors (Lipinski definition) is 18. The van der Waals surface area contributed by atoms with E-state index in [-0.39, 0.29) is 65.7 Å². The van der Waals surface area contributed by atoms with Crippen LogP contribution in [0.4, 0.5) is 10.5 Å². The molecule has 2 unspecified atom stereocenters. The number of anilines is 1. The van der Waals surface area contributed by atoms with Crippen LogP contribution in [0.25, 0.3) is 39.3 Å². The molecule has 3 aliphatic carbocycles. The lowest BCUT2D eigenvalue weighted by Gasteiger charge is -2.43. The number of ketones is 3. The van der Waals surface area contributed by atoms with Gasteiger partial charge >= 0.3 is 18.0 Å². The Morgan fingerprint density at radius 3 is 2.29 bits per heavy atom. The molecule has 9 N–H and O–H groups in total. The number of aromatic hydroxyl groups is 2. The maximum atomic E-state index is 14.6. The van der Waals surface area contributed by atoms with Crippen LogP contribution in [0.2, 0.25) is 0 Å². The zero-order valence-corrected chi connectivity index (χ0v) is 52.4. The number of hydrogen-bond donors (Lipinski definition) is 9. The number of phenolic OH excluding ortho intramolecular Hbond substituents is 2. The van der Waals surface area contributed by atoms with E-state index in [1.54, 1.807) is 30.3 Å². The van der Waals surface area contributed by atoms with E-state index in [0.717, 1.165) is 44.7 Å². The molecule has 3 aromatic carbocycles. The molecule has 9 atom stereocenters. The summed E-state index contributed by atoms with van der Waals surface area (Å²) in [6.07, 6.45) is -5.36.